The van der Waals surface area contributed by atoms with Gasteiger partial charge >= 0.3 is 6.18 Å². The molecule has 4 heteroatoms. The van der Waals surface area contributed by atoms with E-state index in [1.54, 1.807) is 18.3 Å². The number of halogens is 3. The summed E-state index contributed by atoms with van der Waals surface area (Å²) in [5.41, 5.74) is -0.400. The number of hydrogen-bond acceptors (Lipinski definition) is 0. The van der Waals surface area contributed by atoms with Crippen LogP contribution in [0, 0.1) is 0 Å². The molecular weight excluding hydrogens is 179 g/mol. The normalized spacial score (nSPS) is 12.2. The molecule has 0 saturated carbocycles. The van der Waals surface area contributed by atoms with E-state index in [1.807, 2.05) is 0 Å². The van der Waals surface area contributed by atoms with Crippen LogP contribution in [0.3, 0.4) is 0 Å². The molecule has 0 aromatic carbocycles. The van der Waals surface area contributed by atoms with Gasteiger partial charge in [0.25, 0.3) is 0 Å². The van der Waals surface area contributed by atoms with Crippen LogP contribution in [0.2, 0.25) is 0 Å². The van der Waals surface area contributed by atoms with Crippen molar-refractivity contribution in [2.45, 2.75) is 6.18 Å². The van der Waals surface area contributed by atoms with Gasteiger partial charge in [-0.1, -0.05) is 6.07 Å². The summed E-state index contributed by atoms with van der Waals surface area (Å²) in [6, 6.07) is 5.80. The SMILES string of the molecule is FC(F)(F)c1ccn2ccccc12. The zero-order valence-electron chi connectivity index (χ0n) is 6.55. The van der Waals surface area contributed by atoms with Crippen molar-refractivity contribution < 1.29 is 13.2 Å². The fourth-order valence-electron chi connectivity index (χ4n) is 1.29. The van der Waals surface area contributed by atoms with Crippen LogP contribution in [-0.2, 0) is 6.18 Å². The van der Waals surface area contributed by atoms with Crippen LogP contribution >= 0.6 is 0 Å². The van der Waals surface area contributed by atoms with Gasteiger partial charge in [0.05, 0.1) is 11.1 Å². The molecule has 0 saturated heterocycles. The summed E-state index contributed by atoms with van der Waals surface area (Å²) in [6.45, 7) is 0. The third kappa shape index (κ3) is 1.28. The maximum atomic E-state index is 12.3. The van der Waals surface area contributed by atoms with Crippen molar-refractivity contribution in [1.29, 1.82) is 0 Å². The molecular formula is C9H6F3N. The van der Waals surface area contributed by atoms with E-state index >= 15 is 0 Å². The molecule has 0 aliphatic carbocycles. The standard InChI is InChI=1S/C9H6F3N/c10-9(11,12)7-4-6-13-5-2-1-3-8(7)13/h1-6H. The molecule has 0 unspecified atom stereocenters. The van der Waals surface area contributed by atoms with Gasteiger partial charge in [0.15, 0.2) is 0 Å². The molecule has 2 aromatic rings. The minimum atomic E-state index is -4.27. The summed E-state index contributed by atoms with van der Waals surface area (Å²) in [5, 5.41) is 0. The Morgan fingerprint density at radius 2 is 1.77 bits per heavy atom. The zero-order valence-corrected chi connectivity index (χ0v) is 6.55. The highest BCUT2D eigenvalue weighted by Crippen LogP contribution is 2.32. The predicted molar refractivity (Wildman–Crippen MR) is 42.4 cm³/mol. The monoisotopic (exact) mass is 185 g/mol. The molecule has 0 aliphatic heterocycles. The molecule has 0 fully saturated rings. The number of fused-ring (bicyclic) bond motifs is 1. The lowest BCUT2D eigenvalue weighted by molar-refractivity contribution is -0.136. The number of nitrogens with zero attached hydrogens (tertiary/aromatic N) is 1. The first-order valence-electron chi connectivity index (χ1n) is 3.72. The van der Waals surface area contributed by atoms with E-state index in [9.17, 15) is 13.2 Å². The van der Waals surface area contributed by atoms with Crippen molar-refractivity contribution in [3.63, 3.8) is 0 Å². The van der Waals surface area contributed by atoms with Gasteiger partial charge < -0.3 is 4.40 Å². The average Bonchev–Trinajstić information content (AvgIpc) is 2.45. The largest absolute Gasteiger partial charge is 0.418 e. The maximum absolute atomic E-state index is 12.3. The fourth-order valence-corrected chi connectivity index (χ4v) is 1.29. The lowest BCUT2D eigenvalue weighted by Gasteiger charge is -2.03. The molecule has 2 rings (SSSR count). The molecule has 0 spiro atoms. The quantitative estimate of drug-likeness (QED) is 0.594. The summed E-state index contributed by atoms with van der Waals surface area (Å²) in [7, 11) is 0. The lowest BCUT2D eigenvalue weighted by atomic mass is 10.2. The van der Waals surface area contributed by atoms with E-state index in [0.29, 0.717) is 0 Å². The summed E-state index contributed by atoms with van der Waals surface area (Å²) in [5.74, 6) is 0. The van der Waals surface area contributed by atoms with Gasteiger partial charge in [0.1, 0.15) is 0 Å². The summed E-state index contributed by atoms with van der Waals surface area (Å²) >= 11 is 0. The topological polar surface area (TPSA) is 4.41 Å². The van der Waals surface area contributed by atoms with Crippen LogP contribution in [0.5, 0.6) is 0 Å². The molecule has 0 bridgehead atoms. The molecule has 0 N–H and O–H groups in total. The Hall–Kier alpha value is -1.45. The predicted octanol–water partition coefficient (Wildman–Crippen LogP) is 2.96. The Labute approximate surface area is 72.4 Å². The van der Waals surface area contributed by atoms with Crippen molar-refractivity contribution in [1.82, 2.24) is 4.40 Å². The third-order valence-corrected chi connectivity index (χ3v) is 1.87. The van der Waals surface area contributed by atoms with Crippen LogP contribution < -0.4 is 0 Å². The van der Waals surface area contributed by atoms with Gasteiger partial charge in [-0.15, -0.1) is 0 Å². The van der Waals surface area contributed by atoms with Crippen LogP contribution in [0.15, 0.2) is 36.7 Å². The summed E-state index contributed by atoms with van der Waals surface area (Å²) in [6.07, 6.45) is -1.28. The molecule has 0 aliphatic rings. The van der Waals surface area contributed by atoms with E-state index in [1.165, 1.54) is 16.7 Å². The highest BCUT2D eigenvalue weighted by molar-refractivity contribution is 5.56. The zero-order chi connectivity index (χ0) is 9.47. The van der Waals surface area contributed by atoms with Gasteiger partial charge in [0.2, 0.25) is 0 Å². The van der Waals surface area contributed by atoms with E-state index in [-0.39, 0.29) is 5.52 Å². The lowest BCUT2D eigenvalue weighted by Crippen LogP contribution is -2.03. The number of pyridine rings is 1. The van der Waals surface area contributed by atoms with Gasteiger partial charge in [-0.05, 0) is 18.2 Å². The Kier molecular flexibility index (Phi) is 1.58. The molecule has 2 heterocycles. The first kappa shape index (κ1) is 8.16. The van der Waals surface area contributed by atoms with Crippen molar-refractivity contribution in [2.24, 2.45) is 0 Å². The molecule has 0 amide bonds. The van der Waals surface area contributed by atoms with Crippen molar-refractivity contribution in [2.75, 3.05) is 0 Å². The second-order valence-electron chi connectivity index (χ2n) is 2.72. The number of rotatable bonds is 0. The van der Waals surface area contributed by atoms with Gasteiger partial charge in [-0.2, -0.15) is 13.2 Å². The number of aromatic nitrogens is 1. The number of alkyl halides is 3. The fraction of sp³-hybridized carbons (Fsp3) is 0.111. The van der Waals surface area contributed by atoms with Gasteiger partial charge in [-0.25, -0.2) is 0 Å². The third-order valence-electron chi connectivity index (χ3n) is 1.87. The Morgan fingerprint density at radius 3 is 2.46 bits per heavy atom. The highest BCUT2D eigenvalue weighted by atomic mass is 19.4. The van der Waals surface area contributed by atoms with Gasteiger partial charge in [0, 0.05) is 12.4 Å². The van der Waals surface area contributed by atoms with E-state index in [2.05, 4.69) is 0 Å². The highest BCUT2D eigenvalue weighted by Gasteiger charge is 2.33. The van der Waals surface area contributed by atoms with Crippen LogP contribution in [0.25, 0.3) is 5.52 Å². The Morgan fingerprint density at radius 1 is 1.00 bits per heavy atom. The number of hydrogen-bond donors (Lipinski definition) is 0. The summed E-state index contributed by atoms with van der Waals surface area (Å²) in [4.78, 5) is 0. The second-order valence-corrected chi connectivity index (χ2v) is 2.72. The van der Waals surface area contributed by atoms with Gasteiger partial charge in [-0.3, -0.25) is 0 Å². The molecule has 0 radical (unpaired) electrons. The summed E-state index contributed by atoms with van der Waals surface area (Å²) < 4.78 is 38.5. The first-order chi connectivity index (χ1) is 6.09. The smallest absolute Gasteiger partial charge is 0.323 e. The molecule has 1 nitrogen and oxygen atoms in total. The van der Waals surface area contributed by atoms with Crippen molar-refractivity contribution in [3.8, 4) is 0 Å². The first-order valence-corrected chi connectivity index (χ1v) is 3.72. The maximum Gasteiger partial charge on any atom is 0.418 e. The molecule has 13 heavy (non-hydrogen) atoms. The van der Waals surface area contributed by atoms with Crippen LogP contribution in [0.1, 0.15) is 5.56 Å². The van der Waals surface area contributed by atoms with Crippen LogP contribution in [0.4, 0.5) is 13.2 Å². The van der Waals surface area contributed by atoms with E-state index in [0.717, 1.165) is 6.07 Å². The van der Waals surface area contributed by atoms with Crippen molar-refractivity contribution in [3.05, 3.63) is 42.2 Å². The second kappa shape index (κ2) is 2.52. The molecule has 2 aromatic heterocycles. The van der Waals surface area contributed by atoms with E-state index < -0.39 is 11.7 Å². The van der Waals surface area contributed by atoms with Crippen molar-refractivity contribution >= 4 is 5.52 Å². The minimum Gasteiger partial charge on any atom is -0.323 e. The Bertz CT molecular complexity index is 428. The van der Waals surface area contributed by atoms with Crippen LogP contribution in [-0.4, -0.2) is 4.40 Å². The average molecular weight is 185 g/mol. The molecule has 0 atom stereocenters. The molecule has 68 valence electrons. The minimum absolute atomic E-state index is 0.190. The Balaban J connectivity index is 2.72. The van der Waals surface area contributed by atoms with E-state index in [4.69, 9.17) is 0 Å².